The van der Waals surface area contributed by atoms with E-state index in [4.69, 9.17) is 16.1 Å². The standard InChI is InChI=1S/C23H27N7/c1-4-21-27-15(2)13-30(21)14-16-5-10-20-19(11-16)28-22(29(20)3)12-26-18-8-6-17(7-9-18)23(24)25/h5-11,13,26H,4,12,14H2,1-3H3,(H3,24,25). The Hall–Kier alpha value is -3.61. The second kappa shape index (κ2) is 8.02. The van der Waals surface area contributed by atoms with Crippen molar-refractivity contribution in [1.82, 2.24) is 19.1 Å². The number of amidine groups is 1. The van der Waals surface area contributed by atoms with Crippen molar-refractivity contribution >= 4 is 22.6 Å². The van der Waals surface area contributed by atoms with Crippen molar-refractivity contribution in [2.75, 3.05) is 5.32 Å². The molecule has 4 N–H and O–H groups in total. The average molecular weight is 402 g/mol. The maximum atomic E-state index is 7.48. The molecule has 0 bridgehead atoms. The lowest BCUT2D eigenvalue weighted by molar-refractivity contribution is 0.732. The highest BCUT2D eigenvalue weighted by Gasteiger charge is 2.10. The molecule has 0 fully saturated rings. The first-order valence-corrected chi connectivity index (χ1v) is 10.1. The summed E-state index contributed by atoms with van der Waals surface area (Å²) in [6.07, 6.45) is 3.02. The zero-order valence-corrected chi connectivity index (χ0v) is 17.6. The molecule has 2 aromatic carbocycles. The Morgan fingerprint density at radius 2 is 1.87 bits per heavy atom. The number of nitrogen functional groups attached to an aromatic ring is 1. The first-order chi connectivity index (χ1) is 14.4. The molecule has 0 radical (unpaired) electrons. The SMILES string of the molecule is CCc1nc(C)cn1Cc1ccc2c(c1)nc(CNc1ccc(C(=N)N)cc1)n2C. The molecule has 0 saturated heterocycles. The van der Waals surface area contributed by atoms with Gasteiger partial charge in [-0.15, -0.1) is 0 Å². The van der Waals surface area contributed by atoms with E-state index in [2.05, 4.69) is 50.8 Å². The van der Waals surface area contributed by atoms with Crippen LogP contribution in [0.15, 0.2) is 48.7 Å². The monoisotopic (exact) mass is 401 g/mol. The number of anilines is 1. The maximum absolute atomic E-state index is 7.48. The Morgan fingerprint density at radius 3 is 2.57 bits per heavy atom. The average Bonchev–Trinajstić information content (AvgIpc) is 3.25. The van der Waals surface area contributed by atoms with Crippen molar-refractivity contribution in [3.63, 3.8) is 0 Å². The van der Waals surface area contributed by atoms with Crippen LogP contribution >= 0.6 is 0 Å². The van der Waals surface area contributed by atoms with E-state index < -0.39 is 0 Å². The third-order valence-electron chi connectivity index (χ3n) is 5.33. The molecule has 7 heteroatoms. The zero-order chi connectivity index (χ0) is 21.3. The smallest absolute Gasteiger partial charge is 0.128 e. The third-order valence-corrected chi connectivity index (χ3v) is 5.33. The fraction of sp³-hybridized carbons (Fsp3) is 0.261. The number of nitrogens with zero attached hydrogens (tertiary/aromatic N) is 4. The van der Waals surface area contributed by atoms with E-state index in [0.29, 0.717) is 6.54 Å². The van der Waals surface area contributed by atoms with Gasteiger partial charge in [0.25, 0.3) is 0 Å². The summed E-state index contributed by atoms with van der Waals surface area (Å²) in [5, 5.41) is 10.9. The van der Waals surface area contributed by atoms with E-state index in [1.165, 1.54) is 5.56 Å². The van der Waals surface area contributed by atoms with Crippen LogP contribution in [0, 0.1) is 12.3 Å². The Kier molecular flexibility index (Phi) is 5.27. The quantitative estimate of drug-likeness (QED) is 0.326. The normalized spacial score (nSPS) is 11.2. The van der Waals surface area contributed by atoms with Crippen molar-refractivity contribution in [3.8, 4) is 0 Å². The molecule has 2 aromatic heterocycles. The molecule has 0 saturated carbocycles. The molecular formula is C23H27N7. The number of rotatable bonds is 7. The highest BCUT2D eigenvalue weighted by atomic mass is 15.1. The minimum Gasteiger partial charge on any atom is -0.384 e. The first kappa shape index (κ1) is 19.7. The Balaban J connectivity index is 1.52. The molecule has 0 unspecified atom stereocenters. The lowest BCUT2D eigenvalue weighted by atomic mass is 10.2. The van der Waals surface area contributed by atoms with Crippen molar-refractivity contribution in [2.45, 2.75) is 33.4 Å². The minimum absolute atomic E-state index is 0.0737. The van der Waals surface area contributed by atoms with Crippen LogP contribution in [0.4, 0.5) is 5.69 Å². The zero-order valence-electron chi connectivity index (χ0n) is 17.6. The van der Waals surface area contributed by atoms with Crippen molar-refractivity contribution in [3.05, 3.63) is 77.1 Å². The van der Waals surface area contributed by atoms with E-state index in [1.54, 1.807) is 0 Å². The minimum atomic E-state index is 0.0737. The fourth-order valence-electron chi connectivity index (χ4n) is 3.71. The number of aryl methyl sites for hydroxylation is 3. The molecule has 4 aromatic rings. The number of imidazole rings is 2. The van der Waals surface area contributed by atoms with Crippen LogP contribution in [0.3, 0.4) is 0 Å². The number of fused-ring (bicyclic) bond motifs is 1. The molecular weight excluding hydrogens is 374 g/mol. The topological polar surface area (TPSA) is 97.5 Å². The van der Waals surface area contributed by atoms with Gasteiger partial charge in [-0.05, 0) is 48.9 Å². The van der Waals surface area contributed by atoms with Gasteiger partial charge >= 0.3 is 0 Å². The van der Waals surface area contributed by atoms with Crippen LogP contribution in [0.2, 0.25) is 0 Å². The Labute approximate surface area is 176 Å². The van der Waals surface area contributed by atoms with Crippen LogP contribution in [-0.4, -0.2) is 24.9 Å². The van der Waals surface area contributed by atoms with E-state index in [-0.39, 0.29) is 5.84 Å². The second-order valence-corrected chi connectivity index (χ2v) is 7.53. The van der Waals surface area contributed by atoms with Gasteiger partial charge in [0, 0.05) is 37.5 Å². The summed E-state index contributed by atoms with van der Waals surface area (Å²) >= 11 is 0. The summed E-state index contributed by atoms with van der Waals surface area (Å²) in [5.41, 5.74) is 11.6. The molecule has 0 aliphatic carbocycles. The van der Waals surface area contributed by atoms with Crippen molar-refractivity contribution < 1.29 is 0 Å². The largest absolute Gasteiger partial charge is 0.384 e. The second-order valence-electron chi connectivity index (χ2n) is 7.53. The highest BCUT2D eigenvalue weighted by Crippen LogP contribution is 2.19. The van der Waals surface area contributed by atoms with Gasteiger partial charge in [-0.25, -0.2) is 9.97 Å². The van der Waals surface area contributed by atoms with E-state index in [0.717, 1.165) is 52.6 Å². The summed E-state index contributed by atoms with van der Waals surface area (Å²) in [6.45, 7) is 5.57. The summed E-state index contributed by atoms with van der Waals surface area (Å²) in [7, 11) is 2.04. The van der Waals surface area contributed by atoms with Gasteiger partial charge in [-0.3, -0.25) is 5.41 Å². The highest BCUT2D eigenvalue weighted by molar-refractivity contribution is 5.95. The van der Waals surface area contributed by atoms with Crippen LogP contribution < -0.4 is 11.1 Å². The summed E-state index contributed by atoms with van der Waals surface area (Å²) in [5.74, 6) is 2.14. The molecule has 4 rings (SSSR count). The number of benzene rings is 2. The maximum Gasteiger partial charge on any atom is 0.128 e. The molecule has 0 spiro atoms. The number of hydrogen-bond donors (Lipinski definition) is 3. The molecule has 0 amide bonds. The molecule has 154 valence electrons. The molecule has 0 atom stereocenters. The molecule has 0 aliphatic rings. The third kappa shape index (κ3) is 3.91. The van der Waals surface area contributed by atoms with Gasteiger partial charge < -0.3 is 20.2 Å². The molecule has 7 nitrogen and oxygen atoms in total. The summed E-state index contributed by atoms with van der Waals surface area (Å²) < 4.78 is 4.33. The van der Waals surface area contributed by atoms with Gasteiger partial charge in [-0.1, -0.05) is 13.0 Å². The summed E-state index contributed by atoms with van der Waals surface area (Å²) in [6, 6.07) is 14.0. The lowest BCUT2D eigenvalue weighted by Crippen LogP contribution is -2.11. The van der Waals surface area contributed by atoms with Crippen LogP contribution in [0.5, 0.6) is 0 Å². The first-order valence-electron chi connectivity index (χ1n) is 10.1. The van der Waals surface area contributed by atoms with Gasteiger partial charge in [0.1, 0.15) is 17.5 Å². The Morgan fingerprint density at radius 1 is 1.10 bits per heavy atom. The van der Waals surface area contributed by atoms with Crippen molar-refractivity contribution in [2.24, 2.45) is 12.8 Å². The van der Waals surface area contributed by atoms with Gasteiger partial charge in [0.05, 0.1) is 23.3 Å². The predicted octanol–water partition coefficient (Wildman–Crippen LogP) is 3.59. The van der Waals surface area contributed by atoms with Crippen LogP contribution in [-0.2, 0) is 26.6 Å². The Bertz CT molecular complexity index is 1200. The van der Waals surface area contributed by atoms with E-state index in [1.807, 2.05) is 38.2 Å². The van der Waals surface area contributed by atoms with E-state index in [9.17, 15) is 0 Å². The lowest BCUT2D eigenvalue weighted by Gasteiger charge is -2.08. The van der Waals surface area contributed by atoms with Crippen LogP contribution in [0.1, 0.15) is 35.4 Å². The fourth-order valence-corrected chi connectivity index (χ4v) is 3.71. The summed E-state index contributed by atoms with van der Waals surface area (Å²) in [4.78, 5) is 9.43. The number of nitrogens with one attached hydrogen (secondary N) is 2. The van der Waals surface area contributed by atoms with Crippen LogP contribution in [0.25, 0.3) is 11.0 Å². The molecule has 30 heavy (non-hydrogen) atoms. The van der Waals surface area contributed by atoms with E-state index >= 15 is 0 Å². The predicted molar refractivity (Wildman–Crippen MR) is 121 cm³/mol. The van der Waals surface area contributed by atoms with Gasteiger partial charge in [0.2, 0.25) is 0 Å². The van der Waals surface area contributed by atoms with Gasteiger partial charge in [-0.2, -0.15) is 0 Å². The number of nitrogens with two attached hydrogens (primary N) is 1. The molecule has 2 heterocycles. The number of aromatic nitrogens is 4. The molecule has 0 aliphatic heterocycles. The van der Waals surface area contributed by atoms with Crippen molar-refractivity contribution in [1.29, 1.82) is 5.41 Å². The van der Waals surface area contributed by atoms with Gasteiger partial charge in [0.15, 0.2) is 0 Å². The number of hydrogen-bond acceptors (Lipinski definition) is 4.